The summed E-state index contributed by atoms with van der Waals surface area (Å²) in [4.78, 5) is 5.01. The van der Waals surface area contributed by atoms with E-state index in [1.807, 2.05) is 72.3 Å². The van der Waals surface area contributed by atoms with Crippen molar-refractivity contribution >= 4 is 34.2 Å². The highest BCUT2D eigenvalue weighted by Gasteiger charge is 2.18. The Hall–Kier alpha value is -3.34. The van der Waals surface area contributed by atoms with Crippen LogP contribution >= 0.6 is 23.2 Å². The molecule has 32 heavy (non-hydrogen) atoms. The fourth-order valence-electron chi connectivity index (χ4n) is 3.82. The molecule has 0 N–H and O–H groups in total. The molecular weight excluding hydrogens is 441 g/mol. The first kappa shape index (κ1) is 20.6. The van der Waals surface area contributed by atoms with Gasteiger partial charge in [0, 0.05) is 15.6 Å². The first-order chi connectivity index (χ1) is 15.5. The van der Waals surface area contributed by atoms with E-state index in [-0.39, 0.29) is 0 Å². The second-order valence-electron chi connectivity index (χ2n) is 7.46. The number of halogens is 2. The van der Waals surface area contributed by atoms with Gasteiger partial charge >= 0.3 is 0 Å². The van der Waals surface area contributed by atoms with Crippen LogP contribution in [-0.4, -0.2) is 21.9 Å². The molecule has 0 bridgehead atoms. The highest BCUT2D eigenvalue weighted by molar-refractivity contribution is 6.30. The van der Waals surface area contributed by atoms with E-state index in [1.54, 1.807) is 7.11 Å². The molecule has 3 aromatic carbocycles. The van der Waals surface area contributed by atoms with Gasteiger partial charge < -0.3 is 4.74 Å². The number of aryl methyl sites for hydroxylation is 1. The number of methoxy groups -OCH3 is 1. The third-order valence-corrected chi connectivity index (χ3v) is 5.93. The normalized spacial score (nSPS) is 11.1. The molecule has 0 amide bonds. The van der Waals surface area contributed by atoms with E-state index < -0.39 is 0 Å². The molecule has 0 fully saturated rings. The summed E-state index contributed by atoms with van der Waals surface area (Å²) in [6, 6.07) is 25.4. The second kappa shape index (κ2) is 8.30. The highest BCUT2D eigenvalue weighted by atomic mass is 35.5. The molecule has 0 atom stereocenters. The van der Waals surface area contributed by atoms with Gasteiger partial charge in [0.1, 0.15) is 5.75 Å². The van der Waals surface area contributed by atoms with Crippen molar-refractivity contribution in [1.29, 1.82) is 0 Å². The Kier molecular flexibility index (Phi) is 5.33. The molecular formula is C26H19Cl2N3O. The van der Waals surface area contributed by atoms with E-state index in [0.29, 0.717) is 10.0 Å². The summed E-state index contributed by atoms with van der Waals surface area (Å²) in [5.74, 6) is 0.811. The van der Waals surface area contributed by atoms with Gasteiger partial charge in [-0.15, -0.1) is 0 Å². The number of hydrogen-bond acceptors (Lipinski definition) is 3. The topological polar surface area (TPSA) is 39.9 Å². The van der Waals surface area contributed by atoms with Crippen molar-refractivity contribution in [2.75, 3.05) is 7.11 Å². The Morgan fingerprint density at radius 3 is 2.00 bits per heavy atom. The largest absolute Gasteiger partial charge is 0.497 e. The van der Waals surface area contributed by atoms with Crippen molar-refractivity contribution in [3.05, 3.63) is 94.6 Å². The van der Waals surface area contributed by atoms with Gasteiger partial charge in [-0.05, 0) is 72.6 Å². The van der Waals surface area contributed by atoms with Crippen molar-refractivity contribution in [3.63, 3.8) is 0 Å². The molecule has 2 aromatic heterocycles. The Morgan fingerprint density at radius 1 is 0.781 bits per heavy atom. The van der Waals surface area contributed by atoms with Gasteiger partial charge in [0.15, 0.2) is 5.65 Å². The van der Waals surface area contributed by atoms with Crippen LogP contribution in [0, 0.1) is 6.92 Å². The van der Waals surface area contributed by atoms with Crippen LogP contribution in [0.2, 0.25) is 10.0 Å². The second-order valence-corrected chi connectivity index (χ2v) is 8.34. The van der Waals surface area contributed by atoms with Gasteiger partial charge in [-0.25, -0.2) is 9.67 Å². The number of ether oxygens (including phenoxy) is 1. The number of pyridine rings is 1. The van der Waals surface area contributed by atoms with Crippen LogP contribution in [-0.2, 0) is 0 Å². The predicted molar refractivity (Wildman–Crippen MR) is 131 cm³/mol. The van der Waals surface area contributed by atoms with Gasteiger partial charge in [0.25, 0.3) is 0 Å². The summed E-state index contributed by atoms with van der Waals surface area (Å²) in [7, 11) is 1.67. The lowest BCUT2D eigenvalue weighted by Gasteiger charge is -2.11. The number of hydrogen-bond donors (Lipinski definition) is 0. The average Bonchev–Trinajstić information content (AvgIpc) is 3.16. The highest BCUT2D eigenvalue weighted by Crippen LogP contribution is 2.36. The van der Waals surface area contributed by atoms with E-state index in [4.69, 9.17) is 38.0 Å². The van der Waals surface area contributed by atoms with Crippen LogP contribution in [0.25, 0.3) is 39.1 Å². The minimum absolute atomic E-state index is 0.677. The molecule has 5 rings (SSSR count). The van der Waals surface area contributed by atoms with Crippen LogP contribution in [0.4, 0.5) is 0 Å². The number of nitrogens with zero attached hydrogens (tertiary/aromatic N) is 3. The molecule has 0 unspecified atom stereocenters. The Balaban J connectivity index is 1.80. The summed E-state index contributed by atoms with van der Waals surface area (Å²) in [6.45, 7) is 2.01. The maximum absolute atomic E-state index is 6.11. The monoisotopic (exact) mass is 459 g/mol. The molecule has 5 aromatic rings. The van der Waals surface area contributed by atoms with Crippen molar-refractivity contribution in [3.8, 4) is 33.8 Å². The molecule has 0 aliphatic heterocycles. The predicted octanol–water partition coefficient (Wildman–Crippen LogP) is 7.38. The molecule has 158 valence electrons. The van der Waals surface area contributed by atoms with Crippen molar-refractivity contribution in [1.82, 2.24) is 14.8 Å². The number of fused-ring (bicyclic) bond motifs is 1. The SMILES string of the molecule is COc1ccc(-c2cc(-c3ccc(Cl)cc3)nc3c2c(C)nn3-c2ccc(Cl)cc2)cc1. The molecule has 0 saturated heterocycles. The standard InChI is InChI=1S/C26H19Cl2N3O/c1-16-25-23(17-5-13-22(32-2)14-6-17)15-24(18-3-7-19(27)8-4-18)29-26(25)31(30-16)21-11-9-20(28)10-12-21/h3-15H,1-2H3. The van der Waals surface area contributed by atoms with Gasteiger partial charge in [-0.3, -0.25) is 0 Å². The molecule has 0 aliphatic carbocycles. The number of benzene rings is 3. The lowest BCUT2D eigenvalue weighted by atomic mass is 9.99. The van der Waals surface area contributed by atoms with Crippen LogP contribution < -0.4 is 4.74 Å². The Labute approximate surface area is 196 Å². The lowest BCUT2D eigenvalue weighted by molar-refractivity contribution is 0.415. The van der Waals surface area contributed by atoms with Gasteiger partial charge in [0.2, 0.25) is 0 Å². The number of aromatic nitrogens is 3. The zero-order chi connectivity index (χ0) is 22.2. The fourth-order valence-corrected chi connectivity index (χ4v) is 4.07. The van der Waals surface area contributed by atoms with Crippen LogP contribution in [0.5, 0.6) is 5.75 Å². The quantitative estimate of drug-likeness (QED) is 0.281. The van der Waals surface area contributed by atoms with E-state index in [9.17, 15) is 0 Å². The Bertz CT molecular complexity index is 1410. The van der Waals surface area contributed by atoms with Crippen molar-refractivity contribution in [2.24, 2.45) is 0 Å². The van der Waals surface area contributed by atoms with E-state index >= 15 is 0 Å². The minimum Gasteiger partial charge on any atom is -0.497 e. The smallest absolute Gasteiger partial charge is 0.164 e. The van der Waals surface area contributed by atoms with Crippen LogP contribution in [0.1, 0.15) is 5.69 Å². The Morgan fingerprint density at radius 2 is 1.38 bits per heavy atom. The molecule has 0 saturated carbocycles. The third kappa shape index (κ3) is 3.72. The van der Waals surface area contributed by atoms with Crippen molar-refractivity contribution in [2.45, 2.75) is 6.92 Å². The van der Waals surface area contributed by atoms with E-state index in [1.165, 1.54) is 0 Å². The van der Waals surface area contributed by atoms with Crippen LogP contribution in [0.15, 0.2) is 78.9 Å². The summed E-state index contributed by atoms with van der Waals surface area (Å²) in [5, 5.41) is 7.19. The summed E-state index contributed by atoms with van der Waals surface area (Å²) in [6.07, 6.45) is 0. The zero-order valence-electron chi connectivity index (χ0n) is 17.5. The summed E-state index contributed by atoms with van der Waals surface area (Å²) >= 11 is 12.2. The minimum atomic E-state index is 0.677. The van der Waals surface area contributed by atoms with Gasteiger partial charge in [0.05, 0.1) is 29.6 Å². The zero-order valence-corrected chi connectivity index (χ0v) is 19.0. The maximum atomic E-state index is 6.11. The average molecular weight is 460 g/mol. The van der Waals surface area contributed by atoms with Gasteiger partial charge in [-0.2, -0.15) is 5.10 Å². The van der Waals surface area contributed by atoms with Gasteiger partial charge in [-0.1, -0.05) is 47.5 Å². The van der Waals surface area contributed by atoms with E-state index in [0.717, 1.165) is 50.5 Å². The first-order valence-electron chi connectivity index (χ1n) is 10.1. The third-order valence-electron chi connectivity index (χ3n) is 5.42. The summed E-state index contributed by atoms with van der Waals surface area (Å²) < 4.78 is 7.21. The van der Waals surface area contributed by atoms with E-state index in [2.05, 4.69) is 18.2 Å². The molecule has 4 nitrogen and oxygen atoms in total. The number of rotatable bonds is 4. The van der Waals surface area contributed by atoms with Crippen LogP contribution in [0.3, 0.4) is 0 Å². The summed E-state index contributed by atoms with van der Waals surface area (Å²) in [5.41, 5.74) is 6.52. The lowest BCUT2D eigenvalue weighted by Crippen LogP contribution is -1.99. The molecule has 6 heteroatoms. The molecule has 2 heterocycles. The molecule has 0 aliphatic rings. The fraction of sp³-hybridized carbons (Fsp3) is 0.0769. The molecule has 0 spiro atoms. The first-order valence-corrected chi connectivity index (χ1v) is 10.9. The molecule has 0 radical (unpaired) electrons. The van der Waals surface area contributed by atoms with Crippen molar-refractivity contribution < 1.29 is 4.74 Å². The maximum Gasteiger partial charge on any atom is 0.164 e.